The second-order valence-electron chi connectivity index (χ2n) is 6.06. The molecule has 7 nitrogen and oxygen atoms in total. The van der Waals surface area contributed by atoms with Gasteiger partial charge in [-0.25, -0.2) is 0 Å². The molecule has 0 atom stereocenters. The van der Waals surface area contributed by atoms with Crippen LogP contribution in [0.3, 0.4) is 0 Å². The van der Waals surface area contributed by atoms with E-state index < -0.39 is 0 Å². The van der Waals surface area contributed by atoms with Crippen LogP contribution in [0, 0.1) is 0 Å². The molecule has 130 valence electrons. The molecule has 0 fully saturated rings. The molecule has 0 radical (unpaired) electrons. The van der Waals surface area contributed by atoms with Gasteiger partial charge in [0.2, 0.25) is 0 Å². The number of nitrogens with zero attached hydrogens (tertiary/aromatic N) is 3. The molecular weight excluding hydrogens is 320 g/mol. The predicted octanol–water partition coefficient (Wildman–Crippen LogP) is 1.72. The Morgan fingerprint density at radius 3 is 3.20 bits per heavy atom. The van der Waals surface area contributed by atoms with Crippen molar-refractivity contribution in [1.82, 2.24) is 20.1 Å². The fourth-order valence-electron chi connectivity index (χ4n) is 3.16. The van der Waals surface area contributed by atoms with Crippen molar-refractivity contribution in [3.05, 3.63) is 41.0 Å². The van der Waals surface area contributed by atoms with Gasteiger partial charge in [-0.2, -0.15) is 0 Å². The number of carbonyl (C=O) groups is 1. The number of aryl methyl sites for hydroxylation is 1. The van der Waals surface area contributed by atoms with E-state index in [4.69, 9.17) is 9.47 Å². The summed E-state index contributed by atoms with van der Waals surface area (Å²) in [5, 5.41) is 11.2. The zero-order valence-corrected chi connectivity index (χ0v) is 14.1. The first-order chi connectivity index (χ1) is 12.2. The van der Waals surface area contributed by atoms with Crippen molar-refractivity contribution in [2.24, 2.45) is 0 Å². The SMILES string of the molecule is CCOc1ccc2c(c1)C=C(C(=O)NCc1nnc3n1CCC3)CO2. The highest BCUT2D eigenvalue weighted by Gasteiger charge is 2.20. The van der Waals surface area contributed by atoms with Crippen LogP contribution in [0.4, 0.5) is 0 Å². The Balaban J connectivity index is 1.46. The summed E-state index contributed by atoms with van der Waals surface area (Å²) in [6.45, 7) is 4.08. The van der Waals surface area contributed by atoms with Gasteiger partial charge in [-0.1, -0.05) is 0 Å². The van der Waals surface area contributed by atoms with Crippen LogP contribution in [-0.2, 0) is 24.3 Å². The van der Waals surface area contributed by atoms with Crippen molar-refractivity contribution in [2.75, 3.05) is 13.2 Å². The molecule has 0 aliphatic carbocycles. The molecule has 1 aromatic heterocycles. The molecule has 0 spiro atoms. The van der Waals surface area contributed by atoms with Crippen LogP contribution >= 0.6 is 0 Å². The van der Waals surface area contributed by atoms with E-state index in [0.29, 0.717) is 18.7 Å². The van der Waals surface area contributed by atoms with Gasteiger partial charge in [-0.05, 0) is 37.6 Å². The minimum Gasteiger partial charge on any atom is -0.494 e. The number of hydrogen-bond donors (Lipinski definition) is 1. The third kappa shape index (κ3) is 3.09. The first-order valence-electron chi connectivity index (χ1n) is 8.54. The lowest BCUT2D eigenvalue weighted by Gasteiger charge is -2.18. The number of amides is 1. The van der Waals surface area contributed by atoms with Crippen LogP contribution in [0.25, 0.3) is 6.08 Å². The zero-order valence-electron chi connectivity index (χ0n) is 14.1. The minimum atomic E-state index is -0.150. The molecule has 2 aromatic rings. The molecule has 7 heteroatoms. The first-order valence-corrected chi connectivity index (χ1v) is 8.54. The fraction of sp³-hybridized carbons (Fsp3) is 0.389. The fourth-order valence-corrected chi connectivity index (χ4v) is 3.16. The molecular formula is C18H20N4O3. The molecule has 3 heterocycles. The Morgan fingerprint density at radius 1 is 1.40 bits per heavy atom. The smallest absolute Gasteiger partial charge is 0.251 e. The Kier molecular flexibility index (Phi) is 4.13. The highest BCUT2D eigenvalue weighted by atomic mass is 16.5. The monoisotopic (exact) mass is 340 g/mol. The maximum absolute atomic E-state index is 12.5. The third-order valence-corrected chi connectivity index (χ3v) is 4.39. The van der Waals surface area contributed by atoms with Gasteiger partial charge in [0.1, 0.15) is 23.9 Å². The highest BCUT2D eigenvalue weighted by Crippen LogP contribution is 2.30. The van der Waals surface area contributed by atoms with Crippen LogP contribution < -0.4 is 14.8 Å². The number of rotatable bonds is 5. The second kappa shape index (κ2) is 6.58. The average Bonchev–Trinajstić information content (AvgIpc) is 3.23. The third-order valence-electron chi connectivity index (χ3n) is 4.39. The summed E-state index contributed by atoms with van der Waals surface area (Å²) >= 11 is 0. The van der Waals surface area contributed by atoms with Crippen molar-refractivity contribution in [3.63, 3.8) is 0 Å². The Morgan fingerprint density at radius 2 is 2.32 bits per heavy atom. The number of nitrogens with one attached hydrogen (secondary N) is 1. The summed E-state index contributed by atoms with van der Waals surface area (Å²) in [6, 6.07) is 5.62. The molecule has 0 unspecified atom stereocenters. The van der Waals surface area contributed by atoms with E-state index in [9.17, 15) is 4.79 Å². The molecule has 4 rings (SSSR count). The Hall–Kier alpha value is -2.83. The van der Waals surface area contributed by atoms with Gasteiger partial charge in [-0.15, -0.1) is 10.2 Å². The van der Waals surface area contributed by atoms with E-state index >= 15 is 0 Å². The van der Waals surface area contributed by atoms with Crippen molar-refractivity contribution in [3.8, 4) is 11.5 Å². The Labute approximate surface area is 145 Å². The van der Waals surface area contributed by atoms with Gasteiger partial charge in [-0.3, -0.25) is 4.79 Å². The lowest BCUT2D eigenvalue weighted by Crippen LogP contribution is -2.29. The van der Waals surface area contributed by atoms with Gasteiger partial charge in [0.15, 0.2) is 5.82 Å². The summed E-state index contributed by atoms with van der Waals surface area (Å²) < 4.78 is 13.3. The summed E-state index contributed by atoms with van der Waals surface area (Å²) in [5.74, 6) is 3.18. The van der Waals surface area contributed by atoms with Crippen molar-refractivity contribution < 1.29 is 14.3 Å². The molecule has 1 aromatic carbocycles. The molecule has 1 amide bonds. The number of ether oxygens (including phenoxy) is 2. The normalized spacial score (nSPS) is 15.0. The molecule has 0 bridgehead atoms. The summed E-state index contributed by atoms with van der Waals surface area (Å²) in [5.41, 5.74) is 1.44. The molecule has 0 saturated carbocycles. The minimum absolute atomic E-state index is 0.150. The van der Waals surface area contributed by atoms with Crippen LogP contribution in [0.2, 0.25) is 0 Å². The van der Waals surface area contributed by atoms with E-state index in [-0.39, 0.29) is 12.5 Å². The molecule has 2 aliphatic heterocycles. The zero-order chi connectivity index (χ0) is 17.2. The maximum atomic E-state index is 12.5. The predicted molar refractivity (Wildman–Crippen MR) is 91.3 cm³/mol. The van der Waals surface area contributed by atoms with Gasteiger partial charge in [0.25, 0.3) is 5.91 Å². The molecule has 2 aliphatic rings. The summed E-state index contributed by atoms with van der Waals surface area (Å²) in [4.78, 5) is 12.5. The lowest BCUT2D eigenvalue weighted by molar-refractivity contribution is -0.118. The average molecular weight is 340 g/mol. The van der Waals surface area contributed by atoms with Crippen LogP contribution in [0.5, 0.6) is 11.5 Å². The number of aromatic nitrogens is 3. The number of hydrogen-bond acceptors (Lipinski definition) is 5. The van der Waals surface area contributed by atoms with E-state index in [2.05, 4.69) is 20.1 Å². The molecule has 0 saturated heterocycles. The van der Waals surface area contributed by atoms with Crippen molar-refractivity contribution in [1.29, 1.82) is 0 Å². The maximum Gasteiger partial charge on any atom is 0.251 e. The van der Waals surface area contributed by atoms with E-state index in [1.165, 1.54) is 0 Å². The molecule has 1 N–H and O–H groups in total. The van der Waals surface area contributed by atoms with Crippen molar-refractivity contribution >= 4 is 12.0 Å². The van der Waals surface area contributed by atoms with Gasteiger partial charge >= 0.3 is 0 Å². The number of benzene rings is 1. The number of fused-ring (bicyclic) bond motifs is 2. The van der Waals surface area contributed by atoms with Crippen LogP contribution in [0.1, 0.15) is 30.6 Å². The van der Waals surface area contributed by atoms with Gasteiger partial charge in [0.05, 0.1) is 18.7 Å². The second-order valence-corrected chi connectivity index (χ2v) is 6.06. The number of carbonyl (C=O) groups excluding carboxylic acids is 1. The van der Waals surface area contributed by atoms with Crippen LogP contribution in [0.15, 0.2) is 23.8 Å². The quantitative estimate of drug-likeness (QED) is 0.896. The molecule has 25 heavy (non-hydrogen) atoms. The van der Waals surface area contributed by atoms with Gasteiger partial charge < -0.3 is 19.4 Å². The van der Waals surface area contributed by atoms with E-state index in [1.807, 2.05) is 31.2 Å². The van der Waals surface area contributed by atoms with E-state index in [0.717, 1.165) is 48.1 Å². The van der Waals surface area contributed by atoms with E-state index in [1.54, 1.807) is 0 Å². The van der Waals surface area contributed by atoms with Crippen molar-refractivity contribution in [2.45, 2.75) is 32.9 Å². The topological polar surface area (TPSA) is 78.3 Å². The standard InChI is InChI=1S/C18H20N4O3/c1-2-24-14-5-6-15-12(9-14)8-13(11-25-15)18(23)19-10-17-21-20-16-4-3-7-22(16)17/h5-6,8-9H,2-4,7,10-11H2,1H3,(H,19,23). The summed E-state index contributed by atoms with van der Waals surface area (Å²) in [6.07, 6.45) is 3.90. The first kappa shape index (κ1) is 15.7. The summed E-state index contributed by atoms with van der Waals surface area (Å²) in [7, 11) is 0. The Bertz CT molecular complexity index is 841. The van der Waals surface area contributed by atoms with Gasteiger partial charge in [0, 0.05) is 18.5 Å². The van der Waals surface area contributed by atoms with Crippen LogP contribution in [-0.4, -0.2) is 33.9 Å². The highest BCUT2D eigenvalue weighted by molar-refractivity contribution is 5.99. The largest absolute Gasteiger partial charge is 0.494 e. The lowest BCUT2D eigenvalue weighted by atomic mass is 10.1.